The minimum Gasteiger partial charge on any atom is -0.338 e. The van der Waals surface area contributed by atoms with E-state index in [0.29, 0.717) is 0 Å². The van der Waals surface area contributed by atoms with Gasteiger partial charge in [0.05, 0.1) is 0 Å². The van der Waals surface area contributed by atoms with Crippen molar-refractivity contribution < 1.29 is 4.39 Å². The monoisotopic (exact) mass is 248 g/mol. The summed E-state index contributed by atoms with van der Waals surface area (Å²) in [4.78, 5) is 4.27. The normalized spacial score (nSPS) is 12.6. The number of aryl methyl sites for hydroxylation is 1. The third-order valence-electron chi connectivity index (χ3n) is 2.98. The first-order valence-corrected chi connectivity index (χ1v) is 5.86. The van der Waals surface area contributed by atoms with Gasteiger partial charge in [-0.15, -0.1) is 0 Å². The molecule has 0 radical (unpaired) electrons. The molecule has 5 heteroatoms. The van der Waals surface area contributed by atoms with Crippen molar-refractivity contribution >= 4 is 0 Å². The molecule has 0 amide bonds. The van der Waals surface area contributed by atoms with E-state index in [1.165, 1.54) is 12.1 Å². The zero-order valence-electron chi connectivity index (χ0n) is 10.3. The smallest absolute Gasteiger partial charge is 0.123 e. The first-order valence-electron chi connectivity index (χ1n) is 5.86. The van der Waals surface area contributed by atoms with Crippen LogP contribution in [0.2, 0.25) is 0 Å². The fourth-order valence-electron chi connectivity index (χ4n) is 1.91. The van der Waals surface area contributed by atoms with Crippen molar-refractivity contribution in [3.05, 3.63) is 53.9 Å². The van der Waals surface area contributed by atoms with Crippen molar-refractivity contribution in [1.29, 1.82) is 0 Å². The number of rotatable bonds is 5. The molecule has 0 fully saturated rings. The van der Waals surface area contributed by atoms with E-state index >= 15 is 0 Å². The quantitative estimate of drug-likeness (QED) is 0.617. The molecule has 1 heterocycles. The molecule has 0 aliphatic carbocycles. The number of nitrogens with zero attached hydrogens (tertiary/aromatic N) is 2. The van der Waals surface area contributed by atoms with E-state index in [9.17, 15) is 4.39 Å². The van der Waals surface area contributed by atoms with Gasteiger partial charge < -0.3 is 4.57 Å². The van der Waals surface area contributed by atoms with Gasteiger partial charge in [-0.25, -0.2) is 9.37 Å². The van der Waals surface area contributed by atoms with Crippen LogP contribution in [0.4, 0.5) is 4.39 Å². The lowest BCUT2D eigenvalue weighted by Gasteiger charge is -2.15. The van der Waals surface area contributed by atoms with E-state index in [0.717, 1.165) is 24.2 Å². The summed E-state index contributed by atoms with van der Waals surface area (Å²) in [5.74, 6) is 6.31. The lowest BCUT2D eigenvalue weighted by molar-refractivity contribution is 0.504. The minimum absolute atomic E-state index is 0.0801. The van der Waals surface area contributed by atoms with Crippen LogP contribution in [0.1, 0.15) is 11.4 Å². The highest BCUT2D eigenvalue weighted by atomic mass is 19.1. The molecule has 2 aromatic rings. The number of nitrogens with one attached hydrogen (secondary N) is 1. The molecular weight excluding hydrogens is 231 g/mol. The number of hydrogen-bond acceptors (Lipinski definition) is 3. The summed E-state index contributed by atoms with van der Waals surface area (Å²) < 4.78 is 14.8. The summed E-state index contributed by atoms with van der Waals surface area (Å²) >= 11 is 0. The van der Waals surface area contributed by atoms with Gasteiger partial charge in [0.25, 0.3) is 0 Å². The van der Waals surface area contributed by atoms with Gasteiger partial charge in [0.15, 0.2) is 0 Å². The van der Waals surface area contributed by atoms with Crippen molar-refractivity contribution in [1.82, 2.24) is 15.0 Å². The molecule has 0 saturated carbocycles. The molecule has 2 rings (SSSR count). The second-order valence-electron chi connectivity index (χ2n) is 4.35. The van der Waals surface area contributed by atoms with Crippen molar-refractivity contribution in [3.8, 4) is 0 Å². The average molecular weight is 248 g/mol. The van der Waals surface area contributed by atoms with Crippen LogP contribution >= 0.6 is 0 Å². The number of hydrazine groups is 1. The molecule has 18 heavy (non-hydrogen) atoms. The number of aromatic nitrogens is 2. The Hall–Kier alpha value is -1.72. The highest BCUT2D eigenvalue weighted by Crippen LogP contribution is 2.08. The van der Waals surface area contributed by atoms with E-state index in [1.807, 2.05) is 17.8 Å². The lowest BCUT2D eigenvalue weighted by atomic mass is 10.0. The Morgan fingerprint density at radius 3 is 2.61 bits per heavy atom. The van der Waals surface area contributed by atoms with Crippen molar-refractivity contribution in [3.63, 3.8) is 0 Å². The second kappa shape index (κ2) is 5.75. The first-order chi connectivity index (χ1) is 8.69. The predicted octanol–water partition coefficient (Wildman–Crippen LogP) is 1.18. The van der Waals surface area contributed by atoms with Crippen molar-refractivity contribution in [2.24, 2.45) is 12.9 Å². The van der Waals surface area contributed by atoms with E-state index < -0.39 is 0 Å². The fraction of sp³-hybridized carbons (Fsp3) is 0.308. The fourth-order valence-corrected chi connectivity index (χ4v) is 1.91. The zero-order valence-corrected chi connectivity index (χ0v) is 10.3. The van der Waals surface area contributed by atoms with E-state index in [2.05, 4.69) is 10.4 Å². The molecule has 1 atom stereocenters. The third-order valence-corrected chi connectivity index (χ3v) is 2.98. The molecule has 0 aliphatic heterocycles. The Kier molecular flexibility index (Phi) is 4.07. The Labute approximate surface area is 106 Å². The van der Waals surface area contributed by atoms with Gasteiger partial charge in [0, 0.05) is 31.9 Å². The molecule has 0 saturated heterocycles. The molecular formula is C13H17FN4. The number of benzene rings is 1. The maximum Gasteiger partial charge on any atom is 0.123 e. The van der Waals surface area contributed by atoms with Gasteiger partial charge in [-0.1, -0.05) is 12.1 Å². The van der Waals surface area contributed by atoms with Gasteiger partial charge in [-0.2, -0.15) is 0 Å². The number of hydrogen-bond donors (Lipinski definition) is 2. The Morgan fingerprint density at radius 1 is 1.33 bits per heavy atom. The van der Waals surface area contributed by atoms with Crippen LogP contribution in [0.25, 0.3) is 0 Å². The van der Waals surface area contributed by atoms with Crippen LogP contribution in [0.15, 0.2) is 36.7 Å². The van der Waals surface area contributed by atoms with Crippen LogP contribution in [0.5, 0.6) is 0 Å². The van der Waals surface area contributed by atoms with Crippen LogP contribution in [0, 0.1) is 5.82 Å². The maximum absolute atomic E-state index is 12.8. The van der Waals surface area contributed by atoms with Crippen LogP contribution in [0.3, 0.4) is 0 Å². The Bertz CT molecular complexity index is 492. The maximum atomic E-state index is 12.8. The lowest BCUT2D eigenvalue weighted by Crippen LogP contribution is -2.39. The minimum atomic E-state index is -0.222. The number of imidazole rings is 1. The summed E-state index contributed by atoms with van der Waals surface area (Å²) in [6.45, 7) is 0. The van der Waals surface area contributed by atoms with Crippen LogP contribution < -0.4 is 11.3 Å². The number of halogens is 1. The zero-order chi connectivity index (χ0) is 13.0. The molecule has 4 nitrogen and oxygen atoms in total. The summed E-state index contributed by atoms with van der Waals surface area (Å²) in [6.07, 6.45) is 5.14. The molecule has 0 spiro atoms. The Balaban J connectivity index is 2.01. The van der Waals surface area contributed by atoms with Crippen molar-refractivity contribution in [2.75, 3.05) is 0 Å². The molecule has 1 unspecified atom stereocenters. The van der Waals surface area contributed by atoms with E-state index in [1.54, 1.807) is 18.3 Å². The molecule has 96 valence electrons. The molecule has 1 aromatic carbocycles. The highest BCUT2D eigenvalue weighted by molar-refractivity contribution is 5.17. The van der Waals surface area contributed by atoms with E-state index in [-0.39, 0.29) is 11.9 Å². The van der Waals surface area contributed by atoms with Gasteiger partial charge in [0.2, 0.25) is 0 Å². The Morgan fingerprint density at radius 2 is 2.06 bits per heavy atom. The van der Waals surface area contributed by atoms with Gasteiger partial charge in [-0.3, -0.25) is 11.3 Å². The topological polar surface area (TPSA) is 55.9 Å². The standard InChI is InChI=1S/C13H17FN4/c1-18-7-6-16-13(18)9-12(17-15)8-10-2-4-11(14)5-3-10/h2-7,12,17H,8-9,15H2,1H3. The summed E-state index contributed by atoms with van der Waals surface area (Å²) in [6, 6.07) is 6.56. The second-order valence-corrected chi connectivity index (χ2v) is 4.35. The van der Waals surface area contributed by atoms with Crippen LogP contribution in [-0.4, -0.2) is 15.6 Å². The summed E-state index contributed by atoms with van der Waals surface area (Å²) in [5, 5.41) is 0. The first kappa shape index (κ1) is 12.7. The molecule has 3 N–H and O–H groups in total. The van der Waals surface area contributed by atoms with Crippen LogP contribution in [-0.2, 0) is 19.9 Å². The van der Waals surface area contributed by atoms with Gasteiger partial charge in [-0.05, 0) is 24.1 Å². The third kappa shape index (κ3) is 3.15. The predicted molar refractivity (Wildman–Crippen MR) is 68.1 cm³/mol. The highest BCUT2D eigenvalue weighted by Gasteiger charge is 2.11. The number of nitrogens with two attached hydrogens (primary N) is 1. The van der Waals surface area contributed by atoms with Gasteiger partial charge in [0.1, 0.15) is 11.6 Å². The van der Waals surface area contributed by atoms with Crippen molar-refractivity contribution in [2.45, 2.75) is 18.9 Å². The van der Waals surface area contributed by atoms with Gasteiger partial charge >= 0.3 is 0 Å². The summed E-state index contributed by atoms with van der Waals surface area (Å²) in [7, 11) is 1.95. The molecule has 1 aromatic heterocycles. The largest absolute Gasteiger partial charge is 0.338 e. The SMILES string of the molecule is Cn1ccnc1CC(Cc1ccc(F)cc1)NN. The summed E-state index contributed by atoms with van der Waals surface area (Å²) in [5.41, 5.74) is 3.83. The average Bonchev–Trinajstić information content (AvgIpc) is 2.77. The molecule has 0 aliphatic rings. The van der Waals surface area contributed by atoms with E-state index in [4.69, 9.17) is 5.84 Å². The molecule has 0 bridgehead atoms.